The number of nitrogens with one attached hydrogen (secondary N) is 1. The molecule has 0 aliphatic rings. The predicted molar refractivity (Wildman–Crippen MR) is 82.5 cm³/mol. The Morgan fingerprint density at radius 2 is 1.90 bits per heavy atom. The van der Waals surface area contributed by atoms with Crippen molar-refractivity contribution in [2.75, 3.05) is 38.2 Å². The maximum Gasteiger partial charge on any atom is 0.254 e. The number of aromatic nitrogens is 1. The number of anilines is 1. The van der Waals surface area contributed by atoms with E-state index in [1.165, 1.54) is 4.90 Å². The number of aliphatic hydroxyl groups is 2. The fourth-order valence-corrected chi connectivity index (χ4v) is 2.11. The summed E-state index contributed by atoms with van der Waals surface area (Å²) in [5.41, 5.74) is 1.40. The van der Waals surface area contributed by atoms with Crippen LogP contribution in [0.15, 0.2) is 12.1 Å². The highest BCUT2D eigenvalue weighted by atomic mass is 16.3. The number of aryl methyl sites for hydroxylation is 1. The zero-order valence-electron chi connectivity index (χ0n) is 12.8. The number of nitrogens with zero attached hydrogens (tertiary/aromatic N) is 2. The molecule has 0 radical (unpaired) electrons. The van der Waals surface area contributed by atoms with Crippen molar-refractivity contribution in [2.24, 2.45) is 0 Å². The normalized spacial score (nSPS) is 10.5. The van der Waals surface area contributed by atoms with E-state index in [4.69, 9.17) is 10.2 Å². The number of amides is 1. The molecule has 0 aromatic carbocycles. The predicted octanol–water partition coefficient (Wildman–Crippen LogP) is 0.893. The Bertz CT molecular complexity index is 422. The van der Waals surface area contributed by atoms with Crippen LogP contribution < -0.4 is 5.32 Å². The minimum Gasteiger partial charge on any atom is -0.395 e. The van der Waals surface area contributed by atoms with Crippen LogP contribution in [-0.4, -0.2) is 58.9 Å². The highest BCUT2D eigenvalue weighted by Crippen LogP contribution is 2.14. The molecule has 21 heavy (non-hydrogen) atoms. The van der Waals surface area contributed by atoms with E-state index < -0.39 is 0 Å². The number of pyridine rings is 1. The number of hydrogen-bond acceptors (Lipinski definition) is 5. The molecule has 6 heteroatoms. The number of rotatable bonds is 9. The van der Waals surface area contributed by atoms with E-state index >= 15 is 0 Å². The van der Waals surface area contributed by atoms with E-state index in [0.717, 1.165) is 25.1 Å². The van der Waals surface area contributed by atoms with Crippen molar-refractivity contribution in [3.8, 4) is 0 Å². The van der Waals surface area contributed by atoms with Crippen LogP contribution in [0.1, 0.15) is 36.3 Å². The van der Waals surface area contributed by atoms with Crippen LogP contribution in [-0.2, 0) is 6.42 Å². The van der Waals surface area contributed by atoms with Crippen LogP contribution in [0.4, 0.5) is 5.82 Å². The Hall–Kier alpha value is -1.66. The number of hydrogen-bond donors (Lipinski definition) is 3. The lowest BCUT2D eigenvalue weighted by Gasteiger charge is -2.21. The molecule has 0 saturated heterocycles. The monoisotopic (exact) mass is 295 g/mol. The van der Waals surface area contributed by atoms with Gasteiger partial charge in [0.05, 0.1) is 13.2 Å². The maximum absolute atomic E-state index is 12.5. The minimum absolute atomic E-state index is 0.126. The summed E-state index contributed by atoms with van der Waals surface area (Å²) >= 11 is 0. The third-order valence-corrected chi connectivity index (χ3v) is 3.02. The van der Waals surface area contributed by atoms with Gasteiger partial charge in [0, 0.05) is 30.9 Å². The van der Waals surface area contributed by atoms with Crippen LogP contribution in [0.25, 0.3) is 0 Å². The van der Waals surface area contributed by atoms with Crippen LogP contribution in [0, 0.1) is 0 Å². The molecule has 0 atom stereocenters. The molecule has 1 aromatic heterocycles. The van der Waals surface area contributed by atoms with Gasteiger partial charge >= 0.3 is 0 Å². The van der Waals surface area contributed by atoms with Crippen LogP contribution in [0.2, 0.25) is 0 Å². The second-order valence-corrected chi connectivity index (χ2v) is 4.75. The molecule has 6 nitrogen and oxygen atoms in total. The molecule has 1 amide bonds. The summed E-state index contributed by atoms with van der Waals surface area (Å²) < 4.78 is 0. The van der Waals surface area contributed by atoms with E-state index in [2.05, 4.69) is 17.2 Å². The van der Waals surface area contributed by atoms with E-state index in [1.807, 2.05) is 6.92 Å². The van der Waals surface area contributed by atoms with Gasteiger partial charge in [-0.25, -0.2) is 4.98 Å². The summed E-state index contributed by atoms with van der Waals surface area (Å²) in [4.78, 5) is 18.4. The highest BCUT2D eigenvalue weighted by molar-refractivity contribution is 5.95. The van der Waals surface area contributed by atoms with Crippen LogP contribution in [0.5, 0.6) is 0 Å². The molecule has 0 bridgehead atoms. The largest absolute Gasteiger partial charge is 0.395 e. The van der Waals surface area contributed by atoms with Crippen molar-refractivity contribution < 1.29 is 15.0 Å². The third kappa shape index (κ3) is 5.32. The standard InChI is InChI=1S/C15H25N3O3/c1-3-5-13-10-12(11-14(17-13)16-4-2)15(21)18(6-8-19)7-9-20/h10-11,19-20H,3-9H2,1-2H3,(H,16,17). The Balaban J connectivity index is 3.04. The lowest BCUT2D eigenvalue weighted by Crippen LogP contribution is -2.36. The van der Waals surface area contributed by atoms with Gasteiger partial charge in [-0.15, -0.1) is 0 Å². The Morgan fingerprint density at radius 1 is 1.24 bits per heavy atom. The van der Waals surface area contributed by atoms with E-state index in [1.54, 1.807) is 12.1 Å². The molecule has 0 fully saturated rings. The summed E-state index contributed by atoms with van der Waals surface area (Å²) in [6.45, 7) is 4.93. The molecule has 0 aliphatic carbocycles. The molecule has 1 aromatic rings. The van der Waals surface area contributed by atoms with E-state index in [0.29, 0.717) is 11.4 Å². The lowest BCUT2D eigenvalue weighted by atomic mass is 10.1. The van der Waals surface area contributed by atoms with Crippen molar-refractivity contribution in [3.63, 3.8) is 0 Å². The second kappa shape index (κ2) is 9.31. The molecule has 0 unspecified atom stereocenters. The first-order valence-corrected chi connectivity index (χ1v) is 7.42. The molecule has 0 spiro atoms. The quantitative estimate of drug-likeness (QED) is 0.630. The Morgan fingerprint density at radius 3 is 2.43 bits per heavy atom. The first kappa shape index (κ1) is 17.4. The number of aliphatic hydroxyl groups excluding tert-OH is 2. The van der Waals surface area contributed by atoms with Crippen molar-refractivity contribution in [2.45, 2.75) is 26.7 Å². The zero-order chi connectivity index (χ0) is 15.7. The van der Waals surface area contributed by atoms with E-state index in [9.17, 15) is 4.79 Å². The SMILES string of the molecule is CCCc1cc(C(=O)N(CCO)CCO)cc(NCC)n1. The van der Waals surface area contributed by atoms with Crippen molar-refractivity contribution in [1.29, 1.82) is 0 Å². The smallest absolute Gasteiger partial charge is 0.254 e. The Kier molecular flexibility index (Phi) is 7.71. The van der Waals surface area contributed by atoms with Gasteiger partial charge in [-0.05, 0) is 25.5 Å². The van der Waals surface area contributed by atoms with Gasteiger partial charge in [-0.1, -0.05) is 13.3 Å². The number of carbonyl (C=O) groups is 1. The van der Waals surface area contributed by atoms with Crippen molar-refractivity contribution in [1.82, 2.24) is 9.88 Å². The maximum atomic E-state index is 12.5. The van der Waals surface area contributed by atoms with Gasteiger partial charge in [0.1, 0.15) is 5.82 Å². The van der Waals surface area contributed by atoms with Gasteiger partial charge in [0.2, 0.25) is 0 Å². The van der Waals surface area contributed by atoms with Gasteiger partial charge in [-0.3, -0.25) is 4.79 Å². The van der Waals surface area contributed by atoms with E-state index in [-0.39, 0.29) is 32.2 Å². The summed E-state index contributed by atoms with van der Waals surface area (Å²) in [5.74, 6) is 0.483. The minimum atomic E-state index is -0.197. The first-order valence-electron chi connectivity index (χ1n) is 7.42. The fourth-order valence-electron chi connectivity index (χ4n) is 2.11. The van der Waals surface area contributed by atoms with Crippen LogP contribution >= 0.6 is 0 Å². The van der Waals surface area contributed by atoms with Crippen LogP contribution in [0.3, 0.4) is 0 Å². The lowest BCUT2D eigenvalue weighted by molar-refractivity contribution is 0.0684. The van der Waals surface area contributed by atoms with Crippen molar-refractivity contribution >= 4 is 11.7 Å². The molecular weight excluding hydrogens is 270 g/mol. The fraction of sp³-hybridized carbons (Fsp3) is 0.600. The van der Waals surface area contributed by atoms with Gasteiger partial charge < -0.3 is 20.4 Å². The molecule has 1 heterocycles. The molecular formula is C15H25N3O3. The number of carbonyl (C=O) groups excluding carboxylic acids is 1. The molecule has 1 rings (SSSR count). The summed E-state index contributed by atoms with van der Waals surface area (Å²) in [6.07, 6.45) is 1.76. The first-order chi connectivity index (χ1) is 10.2. The molecule has 3 N–H and O–H groups in total. The molecule has 0 saturated carbocycles. The average molecular weight is 295 g/mol. The molecule has 0 aliphatic heterocycles. The van der Waals surface area contributed by atoms with Gasteiger partial charge in [0.15, 0.2) is 0 Å². The highest BCUT2D eigenvalue weighted by Gasteiger charge is 2.16. The summed E-state index contributed by atoms with van der Waals surface area (Å²) in [5, 5.41) is 21.2. The third-order valence-electron chi connectivity index (χ3n) is 3.02. The Labute approximate surface area is 125 Å². The van der Waals surface area contributed by atoms with Crippen molar-refractivity contribution in [3.05, 3.63) is 23.4 Å². The van der Waals surface area contributed by atoms with Gasteiger partial charge in [-0.2, -0.15) is 0 Å². The zero-order valence-corrected chi connectivity index (χ0v) is 12.8. The average Bonchev–Trinajstić information content (AvgIpc) is 2.47. The topological polar surface area (TPSA) is 85.7 Å². The summed E-state index contributed by atoms with van der Waals surface area (Å²) in [7, 11) is 0. The molecule has 118 valence electrons. The second-order valence-electron chi connectivity index (χ2n) is 4.75. The van der Waals surface area contributed by atoms with Gasteiger partial charge in [0.25, 0.3) is 5.91 Å². The summed E-state index contributed by atoms with van der Waals surface area (Å²) in [6, 6.07) is 3.50.